The van der Waals surface area contributed by atoms with Gasteiger partial charge in [0.2, 0.25) is 5.91 Å². The Bertz CT molecular complexity index is 500. The minimum absolute atomic E-state index is 0.0733. The molecule has 23 heavy (non-hydrogen) atoms. The SMILES string of the molecule is CC(C)[C@@H]1CC[C@@H](C)CC1C(=O)N[C@@H](C)[C@H](O)c1ccccc1. The predicted molar refractivity (Wildman–Crippen MR) is 93.8 cm³/mol. The van der Waals surface area contributed by atoms with E-state index >= 15 is 0 Å². The van der Waals surface area contributed by atoms with Gasteiger partial charge in [0.15, 0.2) is 0 Å². The maximum atomic E-state index is 12.8. The zero-order chi connectivity index (χ0) is 17.0. The first-order valence-electron chi connectivity index (χ1n) is 8.93. The van der Waals surface area contributed by atoms with Gasteiger partial charge in [-0.1, -0.05) is 57.5 Å². The molecule has 1 aromatic rings. The lowest BCUT2D eigenvalue weighted by molar-refractivity contribution is -0.130. The van der Waals surface area contributed by atoms with E-state index in [1.165, 1.54) is 6.42 Å². The van der Waals surface area contributed by atoms with Crippen LogP contribution in [0.1, 0.15) is 58.6 Å². The van der Waals surface area contributed by atoms with E-state index < -0.39 is 6.10 Å². The van der Waals surface area contributed by atoms with E-state index in [4.69, 9.17) is 0 Å². The van der Waals surface area contributed by atoms with Gasteiger partial charge < -0.3 is 10.4 Å². The minimum atomic E-state index is -0.668. The predicted octanol–water partition coefficient (Wildman–Crippen LogP) is 3.93. The third-order valence-corrected chi connectivity index (χ3v) is 5.34. The topological polar surface area (TPSA) is 49.3 Å². The lowest BCUT2D eigenvalue weighted by atomic mass is 9.69. The van der Waals surface area contributed by atoms with E-state index in [0.29, 0.717) is 17.8 Å². The molecule has 0 saturated heterocycles. The monoisotopic (exact) mass is 317 g/mol. The van der Waals surface area contributed by atoms with E-state index in [2.05, 4.69) is 26.1 Å². The summed E-state index contributed by atoms with van der Waals surface area (Å²) in [7, 11) is 0. The molecule has 1 unspecified atom stereocenters. The molecule has 1 aliphatic rings. The number of hydrogen-bond donors (Lipinski definition) is 2. The normalized spacial score (nSPS) is 27.5. The molecular weight excluding hydrogens is 286 g/mol. The summed E-state index contributed by atoms with van der Waals surface area (Å²) in [5.41, 5.74) is 0.845. The van der Waals surface area contributed by atoms with Gasteiger partial charge in [-0.25, -0.2) is 0 Å². The van der Waals surface area contributed by atoms with Gasteiger partial charge in [0.05, 0.1) is 12.1 Å². The second-order valence-electron chi connectivity index (χ2n) is 7.59. The van der Waals surface area contributed by atoms with Crippen molar-refractivity contribution in [1.29, 1.82) is 0 Å². The Hall–Kier alpha value is -1.35. The highest BCUT2D eigenvalue weighted by Gasteiger charge is 2.36. The van der Waals surface area contributed by atoms with Gasteiger partial charge in [-0.3, -0.25) is 4.79 Å². The number of rotatable bonds is 5. The van der Waals surface area contributed by atoms with Crippen molar-refractivity contribution in [3.8, 4) is 0 Å². The molecular formula is C20H31NO2. The summed E-state index contributed by atoms with van der Waals surface area (Å²) in [6.45, 7) is 8.54. The Morgan fingerprint density at radius 3 is 2.43 bits per heavy atom. The molecule has 1 aliphatic carbocycles. The number of aliphatic hydroxyl groups excluding tert-OH is 1. The second-order valence-corrected chi connectivity index (χ2v) is 7.59. The van der Waals surface area contributed by atoms with E-state index in [1.54, 1.807) is 0 Å². The summed E-state index contributed by atoms with van der Waals surface area (Å²) >= 11 is 0. The molecule has 0 aromatic heterocycles. The Morgan fingerprint density at radius 1 is 1.17 bits per heavy atom. The number of amides is 1. The minimum Gasteiger partial charge on any atom is -0.386 e. The van der Waals surface area contributed by atoms with E-state index in [0.717, 1.165) is 18.4 Å². The lowest BCUT2D eigenvalue weighted by Gasteiger charge is -2.37. The molecule has 0 radical (unpaired) electrons. The Morgan fingerprint density at radius 2 is 1.83 bits per heavy atom. The van der Waals surface area contributed by atoms with Gasteiger partial charge in [0, 0.05) is 5.92 Å². The fourth-order valence-corrected chi connectivity index (χ4v) is 3.85. The van der Waals surface area contributed by atoms with E-state index in [9.17, 15) is 9.90 Å². The van der Waals surface area contributed by atoms with Gasteiger partial charge in [-0.05, 0) is 43.1 Å². The van der Waals surface area contributed by atoms with Crippen molar-refractivity contribution < 1.29 is 9.90 Å². The average molecular weight is 317 g/mol. The fraction of sp³-hybridized carbons (Fsp3) is 0.650. The van der Waals surface area contributed by atoms with Gasteiger partial charge in [-0.15, -0.1) is 0 Å². The molecule has 1 saturated carbocycles. The van der Waals surface area contributed by atoms with Crippen molar-refractivity contribution in [1.82, 2.24) is 5.32 Å². The van der Waals surface area contributed by atoms with Crippen molar-refractivity contribution in [2.75, 3.05) is 0 Å². The first kappa shape index (κ1) is 18.0. The highest BCUT2D eigenvalue weighted by molar-refractivity contribution is 5.79. The number of aliphatic hydroxyl groups is 1. The number of nitrogens with one attached hydrogen (secondary N) is 1. The van der Waals surface area contributed by atoms with Crippen molar-refractivity contribution in [3.05, 3.63) is 35.9 Å². The van der Waals surface area contributed by atoms with Crippen molar-refractivity contribution in [2.24, 2.45) is 23.7 Å². The highest BCUT2D eigenvalue weighted by atomic mass is 16.3. The molecule has 1 aromatic carbocycles. The maximum absolute atomic E-state index is 12.8. The number of benzene rings is 1. The molecule has 1 fully saturated rings. The lowest BCUT2D eigenvalue weighted by Crippen LogP contribution is -2.45. The van der Waals surface area contributed by atoms with Gasteiger partial charge in [0.1, 0.15) is 0 Å². The standard InChI is InChI=1S/C20H31NO2/c1-13(2)17-11-10-14(3)12-18(17)20(23)21-15(4)19(22)16-8-6-5-7-9-16/h5-9,13-15,17-19,22H,10-12H2,1-4H3,(H,21,23)/t14-,15+,17+,18?,19+/m1/s1. The largest absolute Gasteiger partial charge is 0.386 e. The number of hydrogen-bond acceptors (Lipinski definition) is 2. The molecule has 0 aliphatic heterocycles. The Labute approximate surface area is 140 Å². The summed E-state index contributed by atoms with van der Waals surface area (Å²) in [4.78, 5) is 12.8. The molecule has 0 heterocycles. The molecule has 128 valence electrons. The van der Waals surface area contributed by atoms with Crippen LogP contribution in [0.25, 0.3) is 0 Å². The van der Waals surface area contributed by atoms with Crippen molar-refractivity contribution in [3.63, 3.8) is 0 Å². The molecule has 0 bridgehead atoms. The third-order valence-electron chi connectivity index (χ3n) is 5.34. The van der Waals surface area contributed by atoms with Crippen LogP contribution >= 0.6 is 0 Å². The van der Waals surface area contributed by atoms with Crippen LogP contribution in [-0.4, -0.2) is 17.1 Å². The second kappa shape index (κ2) is 7.96. The average Bonchev–Trinajstić information content (AvgIpc) is 2.54. The molecule has 3 heteroatoms. The number of carbonyl (C=O) groups excluding carboxylic acids is 1. The zero-order valence-corrected chi connectivity index (χ0v) is 14.8. The van der Waals surface area contributed by atoms with Gasteiger partial charge >= 0.3 is 0 Å². The van der Waals surface area contributed by atoms with Gasteiger partial charge in [-0.2, -0.15) is 0 Å². The van der Waals surface area contributed by atoms with Crippen LogP contribution in [-0.2, 0) is 4.79 Å². The summed E-state index contributed by atoms with van der Waals surface area (Å²) in [6.07, 6.45) is 2.64. The summed E-state index contributed by atoms with van der Waals surface area (Å²) in [5, 5.41) is 13.5. The first-order chi connectivity index (χ1) is 10.9. The van der Waals surface area contributed by atoms with Crippen LogP contribution < -0.4 is 5.32 Å². The fourth-order valence-electron chi connectivity index (χ4n) is 3.85. The van der Waals surface area contributed by atoms with E-state index in [-0.39, 0.29) is 17.9 Å². The van der Waals surface area contributed by atoms with Gasteiger partial charge in [0.25, 0.3) is 0 Å². The molecule has 2 N–H and O–H groups in total. The van der Waals surface area contributed by atoms with Crippen LogP contribution in [0.3, 0.4) is 0 Å². The number of carbonyl (C=O) groups is 1. The summed E-state index contributed by atoms with van der Waals surface area (Å²) < 4.78 is 0. The van der Waals surface area contributed by atoms with Crippen molar-refractivity contribution in [2.45, 2.75) is 59.1 Å². The first-order valence-corrected chi connectivity index (χ1v) is 8.93. The molecule has 2 rings (SSSR count). The Kier molecular flexibility index (Phi) is 6.23. The van der Waals surface area contributed by atoms with Crippen LogP contribution in [0.5, 0.6) is 0 Å². The Balaban J connectivity index is 2.01. The molecule has 1 amide bonds. The maximum Gasteiger partial charge on any atom is 0.223 e. The molecule has 0 spiro atoms. The molecule has 5 atom stereocenters. The highest BCUT2D eigenvalue weighted by Crippen LogP contribution is 2.38. The summed E-state index contributed by atoms with van der Waals surface area (Å²) in [5.74, 6) is 1.76. The van der Waals surface area contributed by atoms with E-state index in [1.807, 2.05) is 37.3 Å². The van der Waals surface area contributed by atoms with Crippen LogP contribution in [0, 0.1) is 23.7 Å². The smallest absolute Gasteiger partial charge is 0.223 e. The van der Waals surface area contributed by atoms with Crippen LogP contribution in [0.2, 0.25) is 0 Å². The van der Waals surface area contributed by atoms with Crippen LogP contribution in [0.15, 0.2) is 30.3 Å². The molecule has 3 nitrogen and oxygen atoms in total. The van der Waals surface area contributed by atoms with Crippen molar-refractivity contribution >= 4 is 5.91 Å². The summed E-state index contributed by atoms with van der Waals surface area (Å²) in [6, 6.07) is 9.25. The third kappa shape index (κ3) is 4.57. The zero-order valence-electron chi connectivity index (χ0n) is 14.8. The van der Waals surface area contributed by atoms with Crippen LogP contribution in [0.4, 0.5) is 0 Å². The quantitative estimate of drug-likeness (QED) is 0.864.